The second-order valence-corrected chi connectivity index (χ2v) is 11.4. The fourth-order valence-electron chi connectivity index (χ4n) is 3.82. The maximum Gasteiger partial charge on any atom is 0.440 e. The van der Waals surface area contributed by atoms with E-state index in [1.807, 2.05) is 0 Å². The Labute approximate surface area is 246 Å². The van der Waals surface area contributed by atoms with Gasteiger partial charge in [-0.25, -0.2) is 36.4 Å². The van der Waals surface area contributed by atoms with E-state index in [-0.39, 0.29) is 0 Å². The number of hydroxylamine groups is 2. The van der Waals surface area contributed by atoms with E-state index in [2.05, 4.69) is 11.0 Å². The number of fused-ring (bicyclic) bond motifs is 1. The van der Waals surface area contributed by atoms with E-state index < -0.39 is 59.8 Å². The molecule has 0 radical (unpaired) electrons. The smallest absolute Gasteiger partial charge is 0.440 e. The van der Waals surface area contributed by atoms with Gasteiger partial charge in [0.15, 0.2) is 0 Å². The van der Waals surface area contributed by atoms with Crippen LogP contribution in [0.2, 0.25) is 0 Å². The average molecular weight is 635 g/mol. The summed E-state index contributed by atoms with van der Waals surface area (Å²) >= 11 is 0.983. The van der Waals surface area contributed by atoms with Crippen LogP contribution >= 0.6 is 24.3 Å². The molecule has 2 saturated heterocycles. The SMILES string of the molecule is CN1C=COC2(CC3(OC(=O)N(C)SN(C)C(=O)ON2)OC(=O)N(C)SN(C)C(=O)ONC32OC=CN(C)C2=O)C1=O. The number of likely N-dealkylation sites (N-methyl/N-ethyl adjacent to an activating group) is 2. The molecule has 2 fully saturated rings. The van der Waals surface area contributed by atoms with E-state index in [9.17, 15) is 28.8 Å². The Bertz CT molecular complexity index is 1260. The van der Waals surface area contributed by atoms with Crippen molar-refractivity contribution in [2.75, 3.05) is 42.3 Å². The number of nitrogens with zero attached hydrogens (tertiary/aromatic N) is 6. The zero-order valence-corrected chi connectivity index (χ0v) is 24.5. The number of nitrogens with one attached hydrogen (secondary N) is 2. The first kappa shape index (κ1) is 30.7. The highest BCUT2D eigenvalue weighted by Crippen LogP contribution is 2.44. The van der Waals surface area contributed by atoms with Gasteiger partial charge in [-0.15, -0.1) is 0 Å². The number of ether oxygens (including phenoxy) is 4. The number of carbonyl (C=O) groups is 6. The van der Waals surface area contributed by atoms with Gasteiger partial charge in [0.25, 0.3) is 17.5 Å². The van der Waals surface area contributed by atoms with Crippen molar-refractivity contribution in [3.63, 3.8) is 0 Å². The van der Waals surface area contributed by atoms with E-state index in [1.165, 1.54) is 48.5 Å². The minimum atomic E-state index is -3.08. The summed E-state index contributed by atoms with van der Waals surface area (Å²) in [6.07, 6.45) is -1.62. The third-order valence-electron chi connectivity index (χ3n) is 6.00. The van der Waals surface area contributed by atoms with Gasteiger partial charge < -0.3 is 38.4 Å². The molecule has 3 unspecified atom stereocenters. The van der Waals surface area contributed by atoms with Crippen LogP contribution in [0.4, 0.5) is 19.2 Å². The molecular formula is C20H26N8O12S2. The topological polar surface area (TPSA) is 201 Å². The molecule has 4 heterocycles. The fourth-order valence-corrected chi connectivity index (χ4v) is 4.97. The Morgan fingerprint density at radius 3 is 1.64 bits per heavy atom. The summed E-state index contributed by atoms with van der Waals surface area (Å²) in [5, 5.41) is 0. The van der Waals surface area contributed by atoms with Crippen molar-refractivity contribution < 1.29 is 57.4 Å². The minimum Gasteiger partial charge on any atom is -0.466 e. The van der Waals surface area contributed by atoms with Crippen LogP contribution in [0.15, 0.2) is 24.9 Å². The quantitative estimate of drug-likeness (QED) is 0.262. The average Bonchev–Trinajstić information content (AvgIpc) is 2.94. The van der Waals surface area contributed by atoms with Crippen molar-refractivity contribution in [3.8, 4) is 0 Å². The molecule has 6 amide bonds. The van der Waals surface area contributed by atoms with Gasteiger partial charge in [0, 0.05) is 54.7 Å². The van der Waals surface area contributed by atoms with Crippen LogP contribution < -0.4 is 11.0 Å². The van der Waals surface area contributed by atoms with Gasteiger partial charge in [0.05, 0.1) is 30.7 Å². The van der Waals surface area contributed by atoms with Crippen LogP contribution in [-0.2, 0) is 38.2 Å². The second kappa shape index (κ2) is 11.2. The van der Waals surface area contributed by atoms with Gasteiger partial charge in [0.2, 0.25) is 0 Å². The van der Waals surface area contributed by atoms with Gasteiger partial charge in [0.1, 0.15) is 12.5 Å². The molecule has 42 heavy (non-hydrogen) atoms. The maximum absolute atomic E-state index is 13.9. The summed E-state index contributed by atoms with van der Waals surface area (Å²) in [6, 6.07) is 0. The monoisotopic (exact) mass is 634 g/mol. The maximum atomic E-state index is 13.9. The lowest BCUT2D eigenvalue weighted by molar-refractivity contribution is -0.318. The van der Waals surface area contributed by atoms with E-state index >= 15 is 0 Å². The Kier molecular flexibility index (Phi) is 8.17. The standard InChI is InChI=1S/C20H26N8O12S2/c1-23-7-9-35-18(12(23)29)11-19(37-14(31)25(3)41-27(5)16(33)39-21-18)20(13(30)24(2)8-10-36-20)22-40-17(34)28(6)42-26(4)15(32)38-19/h7-10,21-22H,11H2,1-6H3. The van der Waals surface area contributed by atoms with Crippen molar-refractivity contribution in [1.29, 1.82) is 0 Å². The normalized spacial score (nSPS) is 31.4. The zero-order chi connectivity index (χ0) is 31.0. The number of hydrogen-bond donors (Lipinski definition) is 2. The molecule has 0 bridgehead atoms. The highest BCUT2D eigenvalue weighted by molar-refractivity contribution is 7.95. The summed E-state index contributed by atoms with van der Waals surface area (Å²) in [4.78, 5) is 92.3. The van der Waals surface area contributed by atoms with Crippen LogP contribution in [0.25, 0.3) is 0 Å². The summed E-state index contributed by atoms with van der Waals surface area (Å²) in [5.41, 5.74) is -1.12. The Morgan fingerprint density at radius 2 is 1.10 bits per heavy atom. The third kappa shape index (κ3) is 5.23. The molecule has 4 aliphatic heterocycles. The van der Waals surface area contributed by atoms with E-state index in [0.29, 0.717) is 24.3 Å². The molecule has 0 saturated carbocycles. The van der Waals surface area contributed by atoms with Crippen LogP contribution in [0, 0.1) is 0 Å². The lowest BCUT2D eigenvalue weighted by Crippen LogP contribution is -2.78. The molecule has 4 aliphatic rings. The minimum absolute atomic E-state index is 0.472. The van der Waals surface area contributed by atoms with Crippen molar-refractivity contribution in [2.45, 2.75) is 23.7 Å². The molecule has 4 rings (SSSR count). The van der Waals surface area contributed by atoms with E-state index in [1.54, 1.807) is 0 Å². The first-order chi connectivity index (χ1) is 19.7. The predicted molar refractivity (Wildman–Crippen MR) is 137 cm³/mol. The molecule has 20 nitrogen and oxygen atoms in total. The summed E-state index contributed by atoms with van der Waals surface area (Å²) in [5.74, 6) is -5.18. The Hall–Kier alpha value is -4.28. The van der Waals surface area contributed by atoms with Crippen LogP contribution in [0.3, 0.4) is 0 Å². The molecule has 0 aromatic rings. The van der Waals surface area contributed by atoms with Crippen molar-refractivity contribution in [2.24, 2.45) is 0 Å². The molecule has 230 valence electrons. The van der Waals surface area contributed by atoms with Gasteiger partial charge in [-0.1, -0.05) is 11.0 Å². The summed E-state index contributed by atoms with van der Waals surface area (Å²) < 4.78 is 26.1. The highest BCUT2D eigenvalue weighted by Gasteiger charge is 2.73. The Balaban J connectivity index is 2.02. The molecular weight excluding hydrogens is 608 g/mol. The number of carbonyl (C=O) groups excluding carboxylic acids is 6. The van der Waals surface area contributed by atoms with Crippen LogP contribution in [0.1, 0.15) is 6.42 Å². The molecule has 3 spiro atoms. The number of amides is 6. The van der Waals surface area contributed by atoms with Crippen molar-refractivity contribution >= 4 is 60.5 Å². The van der Waals surface area contributed by atoms with E-state index in [0.717, 1.165) is 45.7 Å². The fraction of sp³-hybridized carbons (Fsp3) is 0.500. The second-order valence-electron chi connectivity index (χ2n) is 8.91. The van der Waals surface area contributed by atoms with Crippen molar-refractivity contribution in [1.82, 2.24) is 38.0 Å². The molecule has 0 aliphatic carbocycles. The lowest BCUT2D eigenvalue weighted by Gasteiger charge is -2.50. The summed E-state index contributed by atoms with van der Waals surface area (Å²) in [7, 11) is 7.45. The van der Waals surface area contributed by atoms with Crippen LogP contribution in [-0.4, -0.2) is 123 Å². The largest absolute Gasteiger partial charge is 0.466 e. The zero-order valence-electron chi connectivity index (χ0n) is 22.9. The molecule has 0 aromatic carbocycles. The van der Waals surface area contributed by atoms with E-state index in [4.69, 9.17) is 28.6 Å². The number of rotatable bonds is 0. The van der Waals surface area contributed by atoms with Gasteiger partial charge >= 0.3 is 35.9 Å². The predicted octanol–water partition coefficient (Wildman–Crippen LogP) is -0.179. The molecule has 3 atom stereocenters. The lowest BCUT2D eigenvalue weighted by atomic mass is 9.90. The third-order valence-corrected chi connectivity index (χ3v) is 7.57. The summed E-state index contributed by atoms with van der Waals surface area (Å²) in [6.45, 7) is 0. The molecule has 0 aromatic heterocycles. The Morgan fingerprint density at radius 1 is 0.643 bits per heavy atom. The van der Waals surface area contributed by atoms with Gasteiger partial charge in [-0.05, 0) is 0 Å². The van der Waals surface area contributed by atoms with Crippen LogP contribution in [0.5, 0.6) is 0 Å². The van der Waals surface area contributed by atoms with Gasteiger partial charge in [-0.2, -0.15) is 0 Å². The number of hydrogen-bond acceptors (Lipinski definition) is 16. The first-order valence-electron chi connectivity index (χ1n) is 11.6. The first-order valence-corrected chi connectivity index (χ1v) is 13.1. The van der Waals surface area contributed by atoms with Gasteiger partial charge in [-0.3, -0.25) is 9.59 Å². The highest BCUT2D eigenvalue weighted by atomic mass is 32.2. The molecule has 2 N–H and O–H groups in total. The molecule has 22 heteroatoms. The van der Waals surface area contributed by atoms with Crippen molar-refractivity contribution in [3.05, 3.63) is 24.9 Å².